The van der Waals surface area contributed by atoms with Crippen molar-refractivity contribution in [3.8, 4) is 0 Å². The standard InChI is InChI=1S/C10H14ClNS/c1-8-12-9(6-13-8)5-10(7-11)3-2-4-10/h6H,2-5,7H2,1H3. The van der Waals surface area contributed by atoms with E-state index in [1.807, 2.05) is 0 Å². The highest BCUT2D eigenvalue weighted by Crippen LogP contribution is 2.44. The van der Waals surface area contributed by atoms with Gasteiger partial charge in [0.05, 0.1) is 10.7 Å². The van der Waals surface area contributed by atoms with Gasteiger partial charge in [-0.1, -0.05) is 6.42 Å². The van der Waals surface area contributed by atoms with Crippen molar-refractivity contribution in [2.75, 3.05) is 5.88 Å². The molecule has 0 amide bonds. The summed E-state index contributed by atoms with van der Waals surface area (Å²) in [6.45, 7) is 2.06. The SMILES string of the molecule is Cc1nc(CC2(CCl)CCC2)cs1. The Bertz CT molecular complexity index is 285. The lowest BCUT2D eigenvalue weighted by atomic mass is 9.67. The Balaban J connectivity index is 2.04. The monoisotopic (exact) mass is 215 g/mol. The van der Waals surface area contributed by atoms with Gasteiger partial charge in [0, 0.05) is 11.3 Å². The number of aromatic nitrogens is 1. The zero-order valence-electron chi connectivity index (χ0n) is 7.85. The highest BCUT2D eigenvalue weighted by molar-refractivity contribution is 7.09. The summed E-state index contributed by atoms with van der Waals surface area (Å²) in [4.78, 5) is 4.49. The maximum absolute atomic E-state index is 5.99. The molecule has 1 aliphatic rings. The average molecular weight is 216 g/mol. The molecule has 0 radical (unpaired) electrons. The molecule has 0 saturated heterocycles. The summed E-state index contributed by atoms with van der Waals surface area (Å²) < 4.78 is 0. The van der Waals surface area contributed by atoms with Crippen LogP contribution in [0.2, 0.25) is 0 Å². The third-order valence-corrected chi connectivity index (χ3v) is 4.31. The van der Waals surface area contributed by atoms with Crippen molar-refractivity contribution in [1.29, 1.82) is 0 Å². The fourth-order valence-electron chi connectivity index (χ4n) is 1.91. The van der Waals surface area contributed by atoms with Crippen LogP contribution in [0.5, 0.6) is 0 Å². The van der Waals surface area contributed by atoms with E-state index in [1.165, 1.54) is 30.0 Å². The van der Waals surface area contributed by atoms with E-state index in [-0.39, 0.29) is 0 Å². The summed E-state index contributed by atoms with van der Waals surface area (Å²) in [5, 5.41) is 3.33. The summed E-state index contributed by atoms with van der Waals surface area (Å²) in [5.74, 6) is 0.795. The maximum atomic E-state index is 5.99. The van der Waals surface area contributed by atoms with Crippen LogP contribution >= 0.6 is 22.9 Å². The topological polar surface area (TPSA) is 12.9 Å². The van der Waals surface area contributed by atoms with Crippen LogP contribution < -0.4 is 0 Å². The zero-order chi connectivity index (χ0) is 9.31. The molecule has 13 heavy (non-hydrogen) atoms. The summed E-state index contributed by atoms with van der Waals surface area (Å²) in [6, 6.07) is 0. The number of thiazole rings is 1. The lowest BCUT2D eigenvalue weighted by Gasteiger charge is -2.39. The second kappa shape index (κ2) is 3.58. The van der Waals surface area contributed by atoms with Crippen molar-refractivity contribution >= 4 is 22.9 Å². The van der Waals surface area contributed by atoms with Gasteiger partial charge in [-0.25, -0.2) is 4.98 Å². The highest BCUT2D eigenvalue weighted by atomic mass is 35.5. The quantitative estimate of drug-likeness (QED) is 0.705. The Morgan fingerprint density at radius 3 is 2.77 bits per heavy atom. The molecule has 0 unspecified atom stereocenters. The van der Waals surface area contributed by atoms with Crippen molar-refractivity contribution in [2.45, 2.75) is 32.6 Å². The second-order valence-corrected chi connectivity index (χ2v) is 5.35. The van der Waals surface area contributed by atoms with Crippen LogP contribution in [0.15, 0.2) is 5.38 Å². The van der Waals surface area contributed by atoms with Gasteiger partial charge in [0.1, 0.15) is 0 Å². The van der Waals surface area contributed by atoms with Crippen molar-refractivity contribution in [3.63, 3.8) is 0 Å². The second-order valence-electron chi connectivity index (χ2n) is 4.02. The number of aryl methyl sites for hydroxylation is 1. The van der Waals surface area contributed by atoms with E-state index in [1.54, 1.807) is 11.3 Å². The molecule has 72 valence electrons. The minimum absolute atomic E-state index is 0.391. The van der Waals surface area contributed by atoms with Crippen LogP contribution in [0.4, 0.5) is 0 Å². The Kier molecular flexibility index (Phi) is 2.61. The van der Waals surface area contributed by atoms with Crippen LogP contribution in [-0.4, -0.2) is 10.9 Å². The average Bonchev–Trinajstić information content (AvgIpc) is 2.44. The summed E-state index contributed by atoms with van der Waals surface area (Å²) in [7, 11) is 0. The number of hydrogen-bond acceptors (Lipinski definition) is 2. The molecular weight excluding hydrogens is 202 g/mol. The number of alkyl halides is 1. The summed E-state index contributed by atoms with van der Waals surface area (Å²) in [6.07, 6.45) is 5.00. The Morgan fingerprint density at radius 2 is 2.38 bits per heavy atom. The van der Waals surface area contributed by atoms with Gasteiger partial charge < -0.3 is 0 Å². The molecule has 1 nitrogen and oxygen atoms in total. The fourth-order valence-corrected chi connectivity index (χ4v) is 2.88. The lowest BCUT2D eigenvalue weighted by molar-refractivity contribution is 0.164. The van der Waals surface area contributed by atoms with Crippen LogP contribution in [0.25, 0.3) is 0 Å². The summed E-state index contributed by atoms with van der Waals surface area (Å²) >= 11 is 7.73. The van der Waals surface area contributed by atoms with Gasteiger partial charge in [0.25, 0.3) is 0 Å². The molecule has 0 spiro atoms. The molecule has 0 N–H and O–H groups in total. The Hall–Kier alpha value is -0.0800. The van der Waals surface area contributed by atoms with E-state index in [9.17, 15) is 0 Å². The number of hydrogen-bond donors (Lipinski definition) is 0. The fraction of sp³-hybridized carbons (Fsp3) is 0.700. The normalized spacial score (nSPS) is 19.8. The molecule has 0 bridgehead atoms. The van der Waals surface area contributed by atoms with Gasteiger partial charge in [-0.15, -0.1) is 22.9 Å². The van der Waals surface area contributed by atoms with E-state index in [0.717, 1.165) is 12.3 Å². The molecular formula is C10H14ClNS. The maximum Gasteiger partial charge on any atom is 0.0897 e. The first-order valence-corrected chi connectivity index (χ1v) is 6.12. The minimum atomic E-state index is 0.391. The molecule has 1 aliphatic carbocycles. The first-order chi connectivity index (χ1) is 6.24. The molecule has 1 saturated carbocycles. The molecule has 3 heteroatoms. The van der Waals surface area contributed by atoms with Gasteiger partial charge in [-0.05, 0) is 31.6 Å². The molecule has 0 aliphatic heterocycles. The van der Waals surface area contributed by atoms with Crippen molar-refractivity contribution in [1.82, 2.24) is 4.98 Å². The molecule has 1 aromatic heterocycles. The van der Waals surface area contributed by atoms with Crippen LogP contribution in [-0.2, 0) is 6.42 Å². The number of halogens is 1. The molecule has 0 aromatic carbocycles. The van der Waals surface area contributed by atoms with Gasteiger partial charge in [-0.2, -0.15) is 0 Å². The lowest BCUT2D eigenvalue weighted by Crippen LogP contribution is -2.33. The molecule has 0 atom stereocenters. The van der Waals surface area contributed by atoms with Gasteiger partial charge in [-0.3, -0.25) is 0 Å². The van der Waals surface area contributed by atoms with E-state index < -0.39 is 0 Å². The van der Waals surface area contributed by atoms with E-state index in [2.05, 4.69) is 17.3 Å². The Morgan fingerprint density at radius 1 is 1.62 bits per heavy atom. The zero-order valence-corrected chi connectivity index (χ0v) is 9.42. The highest BCUT2D eigenvalue weighted by Gasteiger charge is 2.36. The molecule has 1 aromatic rings. The third kappa shape index (κ3) is 1.89. The first-order valence-electron chi connectivity index (χ1n) is 4.71. The van der Waals surface area contributed by atoms with Crippen molar-refractivity contribution in [3.05, 3.63) is 16.1 Å². The van der Waals surface area contributed by atoms with E-state index in [0.29, 0.717) is 5.41 Å². The Labute approximate surface area is 88.1 Å². The van der Waals surface area contributed by atoms with Gasteiger partial charge in [0.2, 0.25) is 0 Å². The molecule has 2 rings (SSSR count). The van der Waals surface area contributed by atoms with Gasteiger partial charge >= 0.3 is 0 Å². The van der Waals surface area contributed by atoms with E-state index >= 15 is 0 Å². The van der Waals surface area contributed by atoms with Crippen LogP contribution in [0, 0.1) is 12.3 Å². The van der Waals surface area contributed by atoms with Crippen molar-refractivity contribution in [2.24, 2.45) is 5.41 Å². The number of nitrogens with zero attached hydrogens (tertiary/aromatic N) is 1. The first kappa shape index (κ1) is 9.47. The summed E-state index contributed by atoms with van der Waals surface area (Å²) in [5.41, 5.74) is 1.63. The number of rotatable bonds is 3. The molecule has 1 fully saturated rings. The van der Waals surface area contributed by atoms with E-state index in [4.69, 9.17) is 11.6 Å². The van der Waals surface area contributed by atoms with Gasteiger partial charge in [0.15, 0.2) is 0 Å². The largest absolute Gasteiger partial charge is 0.247 e. The van der Waals surface area contributed by atoms with Crippen molar-refractivity contribution < 1.29 is 0 Å². The molecule has 1 heterocycles. The predicted octanol–water partition coefficient (Wildman–Crippen LogP) is 3.40. The van der Waals surface area contributed by atoms with Crippen LogP contribution in [0.1, 0.15) is 30.0 Å². The van der Waals surface area contributed by atoms with Crippen LogP contribution in [0.3, 0.4) is 0 Å². The smallest absolute Gasteiger partial charge is 0.0897 e. The predicted molar refractivity (Wildman–Crippen MR) is 57.6 cm³/mol. The minimum Gasteiger partial charge on any atom is -0.247 e. The third-order valence-electron chi connectivity index (χ3n) is 2.92.